The fourth-order valence-electron chi connectivity index (χ4n) is 2.27. The summed E-state index contributed by atoms with van der Waals surface area (Å²) in [4.78, 5) is 4.49. The van der Waals surface area contributed by atoms with E-state index in [1.165, 1.54) is 5.56 Å². The molecule has 0 unspecified atom stereocenters. The molecule has 0 saturated heterocycles. The Hall–Kier alpha value is -1.57. The Balaban J connectivity index is 2.93. The number of hydrogen-bond donors (Lipinski definition) is 1. The second-order valence-corrected chi connectivity index (χ2v) is 5.53. The zero-order chi connectivity index (χ0) is 15.7. The minimum Gasteiger partial charge on any atom is -0.369 e. The number of rotatable bonds is 9. The lowest BCUT2D eigenvalue weighted by Gasteiger charge is -2.27. The van der Waals surface area contributed by atoms with Crippen LogP contribution in [0.5, 0.6) is 0 Å². The lowest BCUT2D eigenvalue weighted by atomic mass is 10.1. The fraction of sp³-hybridized carbons (Fsp3) is 0.588. The Morgan fingerprint density at radius 3 is 2.48 bits per heavy atom. The molecule has 4 heteroatoms. The number of benzene rings is 1. The molecule has 0 aliphatic heterocycles. The van der Waals surface area contributed by atoms with E-state index in [1.807, 2.05) is 6.07 Å². The topological polar surface area (TPSA) is 42.3 Å². The second kappa shape index (κ2) is 9.38. The number of nitriles is 1. The van der Waals surface area contributed by atoms with Gasteiger partial charge in [-0.2, -0.15) is 5.26 Å². The third-order valence-corrected chi connectivity index (χ3v) is 3.41. The van der Waals surface area contributed by atoms with E-state index in [4.69, 9.17) is 0 Å². The molecule has 116 valence electrons. The summed E-state index contributed by atoms with van der Waals surface area (Å²) in [5.41, 5.74) is 3.00. The minimum atomic E-state index is 0.776. The van der Waals surface area contributed by atoms with Crippen molar-refractivity contribution in [2.45, 2.75) is 26.8 Å². The van der Waals surface area contributed by atoms with E-state index in [-0.39, 0.29) is 0 Å². The van der Waals surface area contributed by atoms with Crippen molar-refractivity contribution in [2.24, 2.45) is 0 Å². The predicted octanol–water partition coefficient (Wildman–Crippen LogP) is 2.45. The van der Waals surface area contributed by atoms with Crippen LogP contribution in [0.25, 0.3) is 0 Å². The highest BCUT2D eigenvalue weighted by molar-refractivity contribution is 5.60. The Bertz CT molecular complexity index is 462. The van der Waals surface area contributed by atoms with Crippen LogP contribution >= 0.6 is 0 Å². The molecular weight excluding hydrogens is 260 g/mol. The Kier molecular flexibility index (Phi) is 7.81. The molecule has 0 bridgehead atoms. The largest absolute Gasteiger partial charge is 0.369 e. The van der Waals surface area contributed by atoms with Crippen molar-refractivity contribution in [3.05, 3.63) is 29.3 Å². The van der Waals surface area contributed by atoms with Gasteiger partial charge in [-0.3, -0.25) is 0 Å². The first kappa shape index (κ1) is 17.5. The smallest absolute Gasteiger partial charge is 0.101 e. The summed E-state index contributed by atoms with van der Waals surface area (Å²) in [6, 6.07) is 8.58. The van der Waals surface area contributed by atoms with Crippen molar-refractivity contribution in [3.63, 3.8) is 0 Å². The summed E-state index contributed by atoms with van der Waals surface area (Å²) < 4.78 is 0. The molecule has 0 fully saturated rings. The van der Waals surface area contributed by atoms with Gasteiger partial charge in [0, 0.05) is 26.2 Å². The first-order valence-electron chi connectivity index (χ1n) is 7.75. The van der Waals surface area contributed by atoms with Crippen molar-refractivity contribution in [1.29, 1.82) is 5.26 Å². The highest BCUT2D eigenvalue weighted by Gasteiger charge is 2.11. The number of nitrogens with one attached hydrogen (secondary N) is 1. The molecule has 0 atom stereocenters. The van der Waals surface area contributed by atoms with Crippen LogP contribution in [0.15, 0.2) is 18.2 Å². The van der Waals surface area contributed by atoms with E-state index in [9.17, 15) is 5.26 Å². The average molecular weight is 288 g/mol. The molecule has 0 spiro atoms. The Morgan fingerprint density at radius 1 is 1.14 bits per heavy atom. The number of nitrogens with zero attached hydrogens (tertiary/aromatic N) is 3. The zero-order valence-corrected chi connectivity index (χ0v) is 13.8. The number of likely N-dealkylation sites (N-methyl/N-ethyl adjacent to an activating group) is 1. The van der Waals surface area contributed by atoms with E-state index in [0.717, 1.165) is 50.4 Å². The molecule has 0 aliphatic carbocycles. The summed E-state index contributed by atoms with van der Waals surface area (Å²) in [5.74, 6) is 0. The van der Waals surface area contributed by atoms with E-state index in [1.54, 1.807) is 0 Å². The van der Waals surface area contributed by atoms with Gasteiger partial charge in [-0.05, 0) is 44.8 Å². The predicted molar refractivity (Wildman–Crippen MR) is 89.6 cm³/mol. The SMILES string of the molecule is CCCN(CCN(C)C)c1ccc(CNCC)cc1C#N. The van der Waals surface area contributed by atoms with Gasteiger partial charge in [0.25, 0.3) is 0 Å². The third-order valence-electron chi connectivity index (χ3n) is 3.41. The fourth-order valence-corrected chi connectivity index (χ4v) is 2.27. The van der Waals surface area contributed by atoms with Gasteiger partial charge < -0.3 is 15.1 Å². The van der Waals surface area contributed by atoms with Gasteiger partial charge >= 0.3 is 0 Å². The lowest BCUT2D eigenvalue weighted by Crippen LogP contribution is -2.32. The van der Waals surface area contributed by atoms with Crippen molar-refractivity contribution < 1.29 is 0 Å². The summed E-state index contributed by atoms with van der Waals surface area (Å²) >= 11 is 0. The van der Waals surface area contributed by atoms with Gasteiger partial charge in [-0.15, -0.1) is 0 Å². The molecule has 4 nitrogen and oxygen atoms in total. The van der Waals surface area contributed by atoms with Crippen LogP contribution in [0.1, 0.15) is 31.4 Å². The molecule has 0 aliphatic rings. The number of anilines is 1. The molecular formula is C17H28N4. The van der Waals surface area contributed by atoms with Crippen LogP contribution < -0.4 is 10.2 Å². The maximum atomic E-state index is 9.46. The molecule has 21 heavy (non-hydrogen) atoms. The molecule has 1 N–H and O–H groups in total. The standard InChI is InChI=1S/C17H28N4/c1-5-9-21(11-10-20(3)4)17-8-7-15(14-19-6-2)12-16(17)13-18/h7-8,12,19H,5-6,9-11,14H2,1-4H3. The minimum absolute atomic E-state index is 0.776. The van der Waals surface area contributed by atoms with E-state index in [0.29, 0.717) is 0 Å². The van der Waals surface area contributed by atoms with Crippen molar-refractivity contribution >= 4 is 5.69 Å². The molecule has 1 rings (SSSR count). The molecule has 0 heterocycles. The molecule has 0 aromatic heterocycles. The summed E-state index contributed by atoms with van der Waals surface area (Å²) in [7, 11) is 4.16. The van der Waals surface area contributed by atoms with Crippen LogP contribution in [0, 0.1) is 11.3 Å². The van der Waals surface area contributed by atoms with Crippen molar-refractivity contribution in [2.75, 3.05) is 45.2 Å². The quantitative estimate of drug-likeness (QED) is 0.758. The zero-order valence-electron chi connectivity index (χ0n) is 13.8. The summed E-state index contributed by atoms with van der Waals surface area (Å²) in [5, 5.41) is 12.8. The van der Waals surface area contributed by atoms with Crippen molar-refractivity contribution in [1.82, 2.24) is 10.2 Å². The van der Waals surface area contributed by atoms with E-state index in [2.05, 4.69) is 61.3 Å². The Labute approximate surface area is 129 Å². The number of hydrogen-bond acceptors (Lipinski definition) is 4. The monoisotopic (exact) mass is 288 g/mol. The highest BCUT2D eigenvalue weighted by atomic mass is 15.2. The van der Waals surface area contributed by atoms with Gasteiger partial charge in [0.1, 0.15) is 6.07 Å². The van der Waals surface area contributed by atoms with E-state index < -0.39 is 0 Å². The van der Waals surface area contributed by atoms with Crippen LogP contribution in [0.4, 0.5) is 5.69 Å². The normalized spacial score (nSPS) is 10.7. The highest BCUT2D eigenvalue weighted by Crippen LogP contribution is 2.22. The average Bonchev–Trinajstić information content (AvgIpc) is 2.49. The van der Waals surface area contributed by atoms with Gasteiger partial charge in [0.2, 0.25) is 0 Å². The molecule has 1 aromatic carbocycles. The van der Waals surface area contributed by atoms with Crippen LogP contribution in [0.3, 0.4) is 0 Å². The second-order valence-electron chi connectivity index (χ2n) is 5.53. The van der Waals surface area contributed by atoms with Crippen LogP contribution in [-0.4, -0.2) is 45.2 Å². The first-order chi connectivity index (χ1) is 10.1. The third kappa shape index (κ3) is 5.74. The van der Waals surface area contributed by atoms with Crippen LogP contribution in [0.2, 0.25) is 0 Å². The summed E-state index contributed by atoms with van der Waals surface area (Å²) in [6.45, 7) is 8.94. The Morgan fingerprint density at radius 2 is 1.90 bits per heavy atom. The van der Waals surface area contributed by atoms with Crippen molar-refractivity contribution in [3.8, 4) is 6.07 Å². The van der Waals surface area contributed by atoms with Gasteiger partial charge in [0.05, 0.1) is 11.3 Å². The maximum Gasteiger partial charge on any atom is 0.101 e. The summed E-state index contributed by atoms with van der Waals surface area (Å²) in [6.07, 6.45) is 1.08. The molecule has 0 amide bonds. The van der Waals surface area contributed by atoms with Crippen LogP contribution in [-0.2, 0) is 6.54 Å². The van der Waals surface area contributed by atoms with Gasteiger partial charge in [0.15, 0.2) is 0 Å². The van der Waals surface area contributed by atoms with Gasteiger partial charge in [-0.1, -0.05) is 19.9 Å². The molecule has 0 saturated carbocycles. The lowest BCUT2D eigenvalue weighted by molar-refractivity contribution is 0.413. The molecule has 0 radical (unpaired) electrons. The first-order valence-corrected chi connectivity index (χ1v) is 7.75. The maximum absolute atomic E-state index is 9.46. The van der Waals surface area contributed by atoms with E-state index >= 15 is 0 Å². The van der Waals surface area contributed by atoms with Gasteiger partial charge in [-0.25, -0.2) is 0 Å². The molecule has 1 aromatic rings.